The maximum Gasteiger partial charge on any atom is 0.255 e. The molecule has 148 valence electrons. The summed E-state index contributed by atoms with van der Waals surface area (Å²) in [6, 6.07) is 5.41. The number of hydrogen-bond donors (Lipinski definition) is 2. The molecule has 2 aliphatic rings. The first-order valence-corrected chi connectivity index (χ1v) is 9.71. The molecule has 0 bridgehead atoms. The molecule has 27 heavy (non-hydrogen) atoms. The zero-order valence-electron chi connectivity index (χ0n) is 16.0. The average Bonchev–Trinajstić information content (AvgIpc) is 2.61. The van der Waals surface area contributed by atoms with Gasteiger partial charge in [0.25, 0.3) is 5.91 Å². The number of aliphatic hydroxyl groups excluding tert-OH is 1. The van der Waals surface area contributed by atoms with Crippen LogP contribution in [0.5, 0.6) is 0 Å². The molecule has 0 unspecified atom stereocenters. The molecule has 0 aliphatic carbocycles. The predicted molar refractivity (Wildman–Crippen MR) is 103 cm³/mol. The number of piperidine rings is 1. The highest BCUT2D eigenvalue weighted by molar-refractivity contribution is 6.33. The average molecular weight is 395 g/mol. The van der Waals surface area contributed by atoms with E-state index in [1.54, 1.807) is 17.0 Å². The second-order valence-electron chi connectivity index (χ2n) is 7.94. The molecule has 1 aromatic carbocycles. The van der Waals surface area contributed by atoms with Crippen molar-refractivity contribution in [2.45, 2.75) is 57.3 Å². The fourth-order valence-corrected chi connectivity index (χ4v) is 4.47. The van der Waals surface area contributed by atoms with E-state index in [1.165, 1.54) is 6.92 Å². The fourth-order valence-electron chi connectivity index (χ4n) is 4.27. The summed E-state index contributed by atoms with van der Waals surface area (Å²) in [6.45, 7) is 6.63. The summed E-state index contributed by atoms with van der Waals surface area (Å²) in [4.78, 5) is 26.2. The van der Waals surface area contributed by atoms with Crippen molar-refractivity contribution in [1.29, 1.82) is 0 Å². The summed E-state index contributed by atoms with van der Waals surface area (Å²) in [5, 5.41) is 14.3. The number of carbonyl (C=O) groups excluding carboxylic acids is 2. The van der Waals surface area contributed by atoms with Crippen molar-refractivity contribution in [2.24, 2.45) is 0 Å². The first kappa shape index (κ1) is 20.1. The summed E-state index contributed by atoms with van der Waals surface area (Å²) in [5.74, 6) is -0.274. The molecule has 0 radical (unpaired) electrons. The van der Waals surface area contributed by atoms with Gasteiger partial charge in [0.1, 0.15) is 6.10 Å². The summed E-state index contributed by atoms with van der Waals surface area (Å²) in [5.41, 5.74) is 0.00723. The van der Waals surface area contributed by atoms with Crippen LogP contribution in [0.25, 0.3) is 0 Å². The number of rotatable bonds is 2. The van der Waals surface area contributed by atoms with Crippen molar-refractivity contribution in [1.82, 2.24) is 10.2 Å². The Morgan fingerprint density at radius 2 is 1.96 bits per heavy atom. The van der Waals surface area contributed by atoms with Gasteiger partial charge >= 0.3 is 0 Å². The number of aliphatic hydroxyl groups is 1. The van der Waals surface area contributed by atoms with Gasteiger partial charge in [0.05, 0.1) is 21.7 Å². The molecule has 0 aromatic heterocycles. The minimum Gasteiger partial charge on any atom is -0.388 e. The van der Waals surface area contributed by atoms with Gasteiger partial charge in [-0.05, 0) is 45.2 Å². The second kappa shape index (κ2) is 7.41. The van der Waals surface area contributed by atoms with Crippen molar-refractivity contribution in [2.75, 3.05) is 19.7 Å². The Morgan fingerprint density at radius 1 is 1.30 bits per heavy atom. The SMILES string of the molecule is CC(=O)N[C@]1(C)CCOC2(CCN(C(=O)c3cc(C)ccc3Cl)CC2)[C@H]1O. The monoisotopic (exact) mass is 394 g/mol. The van der Waals surface area contributed by atoms with Crippen LogP contribution < -0.4 is 5.32 Å². The minimum atomic E-state index is -0.831. The molecule has 2 atom stereocenters. The zero-order valence-corrected chi connectivity index (χ0v) is 16.8. The molecular weight excluding hydrogens is 368 g/mol. The van der Waals surface area contributed by atoms with E-state index in [0.717, 1.165) is 5.56 Å². The van der Waals surface area contributed by atoms with Crippen molar-refractivity contribution in [3.63, 3.8) is 0 Å². The number of carbonyl (C=O) groups is 2. The van der Waals surface area contributed by atoms with Gasteiger partial charge in [0.15, 0.2) is 0 Å². The van der Waals surface area contributed by atoms with Gasteiger partial charge < -0.3 is 20.1 Å². The first-order valence-electron chi connectivity index (χ1n) is 9.33. The lowest BCUT2D eigenvalue weighted by molar-refractivity contribution is -0.205. The van der Waals surface area contributed by atoms with Crippen LogP contribution in [0.3, 0.4) is 0 Å². The van der Waals surface area contributed by atoms with Crippen LogP contribution >= 0.6 is 11.6 Å². The smallest absolute Gasteiger partial charge is 0.255 e. The molecule has 2 heterocycles. The molecule has 7 heteroatoms. The Bertz CT molecular complexity index is 745. The third-order valence-electron chi connectivity index (χ3n) is 5.82. The summed E-state index contributed by atoms with van der Waals surface area (Å²) in [6.07, 6.45) is 0.746. The van der Waals surface area contributed by atoms with E-state index < -0.39 is 17.2 Å². The van der Waals surface area contributed by atoms with Gasteiger partial charge in [-0.3, -0.25) is 9.59 Å². The van der Waals surface area contributed by atoms with Crippen molar-refractivity contribution in [3.05, 3.63) is 34.3 Å². The van der Waals surface area contributed by atoms with Gasteiger partial charge in [0.2, 0.25) is 5.91 Å². The Hall–Kier alpha value is -1.63. The largest absolute Gasteiger partial charge is 0.388 e. The first-order chi connectivity index (χ1) is 12.7. The maximum atomic E-state index is 12.9. The number of hydrogen-bond acceptors (Lipinski definition) is 4. The number of halogens is 1. The number of nitrogens with one attached hydrogen (secondary N) is 1. The van der Waals surface area contributed by atoms with Crippen LogP contribution in [0.4, 0.5) is 0 Å². The van der Waals surface area contributed by atoms with E-state index in [9.17, 15) is 14.7 Å². The second-order valence-corrected chi connectivity index (χ2v) is 8.35. The number of aryl methyl sites for hydroxylation is 1. The number of ether oxygens (including phenoxy) is 1. The number of nitrogens with zero attached hydrogens (tertiary/aromatic N) is 1. The van der Waals surface area contributed by atoms with Crippen molar-refractivity contribution >= 4 is 23.4 Å². The lowest BCUT2D eigenvalue weighted by atomic mass is 9.73. The van der Waals surface area contributed by atoms with Crippen LogP contribution in [-0.2, 0) is 9.53 Å². The quantitative estimate of drug-likeness (QED) is 0.806. The van der Waals surface area contributed by atoms with Gasteiger partial charge in [-0.25, -0.2) is 0 Å². The Morgan fingerprint density at radius 3 is 2.59 bits per heavy atom. The summed E-state index contributed by atoms with van der Waals surface area (Å²) in [7, 11) is 0. The van der Waals surface area contributed by atoms with Crippen LogP contribution in [0, 0.1) is 6.92 Å². The van der Waals surface area contributed by atoms with Crippen LogP contribution in [-0.4, -0.2) is 58.8 Å². The van der Waals surface area contributed by atoms with E-state index in [0.29, 0.717) is 49.5 Å². The molecule has 2 N–H and O–H groups in total. The fraction of sp³-hybridized carbons (Fsp3) is 0.600. The predicted octanol–water partition coefficient (Wildman–Crippen LogP) is 2.30. The summed E-state index contributed by atoms with van der Waals surface area (Å²) >= 11 is 6.21. The lowest BCUT2D eigenvalue weighted by Crippen LogP contribution is -2.69. The molecule has 2 amide bonds. The van der Waals surface area contributed by atoms with E-state index >= 15 is 0 Å². The van der Waals surface area contributed by atoms with Crippen molar-refractivity contribution < 1.29 is 19.4 Å². The number of likely N-dealkylation sites (tertiary alicyclic amines) is 1. The van der Waals surface area contributed by atoms with Crippen LogP contribution in [0.2, 0.25) is 5.02 Å². The molecule has 2 saturated heterocycles. The van der Waals surface area contributed by atoms with E-state index in [2.05, 4.69) is 5.32 Å². The highest BCUT2D eigenvalue weighted by Crippen LogP contribution is 2.40. The molecule has 1 aromatic rings. The van der Waals surface area contributed by atoms with E-state index in [4.69, 9.17) is 16.3 Å². The maximum absolute atomic E-state index is 12.9. The Labute approximate surface area is 164 Å². The van der Waals surface area contributed by atoms with Gasteiger partial charge in [-0.1, -0.05) is 23.2 Å². The topological polar surface area (TPSA) is 78.9 Å². The Balaban J connectivity index is 1.73. The molecule has 0 saturated carbocycles. The number of benzene rings is 1. The molecular formula is C20H27ClN2O4. The molecule has 1 spiro atoms. The Kier molecular flexibility index (Phi) is 5.52. The molecule has 2 aliphatic heterocycles. The highest BCUT2D eigenvalue weighted by Gasteiger charge is 2.53. The van der Waals surface area contributed by atoms with Gasteiger partial charge in [-0.2, -0.15) is 0 Å². The highest BCUT2D eigenvalue weighted by atomic mass is 35.5. The third kappa shape index (κ3) is 3.84. The van der Waals surface area contributed by atoms with Crippen LogP contribution in [0.15, 0.2) is 18.2 Å². The zero-order chi connectivity index (χ0) is 19.8. The molecule has 2 fully saturated rings. The van der Waals surface area contributed by atoms with Gasteiger partial charge in [-0.15, -0.1) is 0 Å². The van der Waals surface area contributed by atoms with E-state index in [-0.39, 0.29) is 11.8 Å². The minimum absolute atomic E-state index is 0.103. The van der Waals surface area contributed by atoms with E-state index in [1.807, 2.05) is 19.9 Å². The standard InChI is InChI=1S/C20H27ClN2O4/c1-13-4-5-16(21)15(12-13)17(25)23-9-6-20(7-10-23)18(26)19(3,8-11-27-20)22-14(2)24/h4-5,12,18,26H,6-11H2,1-3H3,(H,22,24)/t18-,19+/m0/s1. The van der Waals surface area contributed by atoms with Crippen molar-refractivity contribution in [3.8, 4) is 0 Å². The molecule has 3 rings (SSSR count). The molecule has 6 nitrogen and oxygen atoms in total. The lowest BCUT2D eigenvalue weighted by Gasteiger charge is -2.53. The third-order valence-corrected chi connectivity index (χ3v) is 6.15. The van der Waals surface area contributed by atoms with Crippen LogP contribution in [0.1, 0.15) is 49.0 Å². The van der Waals surface area contributed by atoms with Gasteiger partial charge in [0, 0.05) is 26.6 Å². The summed E-state index contributed by atoms with van der Waals surface area (Å²) < 4.78 is 6.01. The number of amides is 2. The normalized spacial score (nSPS) is 27.4.